The van der Waals surface area contributed by atoms with Crippen LogP contribution < -0.4 is 5.32 Å². The zero-order chi connectivity index (χ0) is 17.6. The van der Waals surface area contributed by atoms with Crippen LogP contribution in [0.5, 0.6) is 0 Å². The SMILES string of the molecule is C=CCn1c(SCC(=O)Nc2nncs2)nnc1-c1ccc(Cl)cc1. The number of thioether (sulfide) groups is 1. The van der Waals surface area contributed by atoms with E-state index < -0.39 is 0 Å². The molecule has 0 saturated carbocycles. The second-order valence-corrected chi connectivity index (χ2v) is 7.01. The summed E-state index contributed by atoms with van der Waals surface area (Å²) in [7, 11) is 0. The molecule has 3 rings (SSSR count). The summed E-state index contributed by atoms with van der Waals surface area (Å²) in [6.45, 7) is 4.30. The van der Waals surface area contributed by atoms with Gasteiger partial charge in [-0.3, -0.25) is 14.7 Å². The summed E-state index contributed by atoms with van der Waals surface area (Å²) < 4.78 is 1.90. The van der Waals surface area contributed by atoms with E-state index in [0.717, 1.165) is 5.56 Å². The van der Waals surface area contributed by atoms with Crippen LogP contribution in [0.25, 0.3) is 11.4 Å². The first-order valence-corrected chi connectivity index (χ1v) is 9.40. The van der Waals surface area contributed by atoms with E-state index in [1.165, 1.54) is 23.1 Å². The molecule has 0 atom stereocenters. The number of halogens is 1. The van der Waals surface area contributed by atoms with Crippen molar-refractivity contribution in [3.8, 4) is 11.4 Å². The van der Waals surface area contributed by atoms with Gasteiger partial charge in [0, 0.05) is 17.1 Å². The molecule has 1 amide bonds. The Morgan fingerprint density at radius 2 is 2.12 bits per heavy atom. The van der Waals surface area contributed by atoms with Crippen molar-refractivity contribution in [3.63, 3.8) is 0 Å². The number of benzene rings is 1. The van der Waals surface area contributed by atoms with E-state index in [1.54, 1.807) is 23.7 Å². The van der Waals surface area contributed by atoms with Crippen molar-refractivity contribution in [2.24, 2.45) is 0 Å². The largest absolute Gasteiger partial charge is 0.300 e. The number of carbonyl (C=O) groups is 1. The van der Waals surface area contributed by atoms with Crippen LogP contribution in [-0.2, 0) is 11.3 Å². The standard InChI is InChI=1S/C15H13ClN6OS2/c1-2-7-22-13(10-3-5-11(16)6-4-10)19-21-15(22)24-8-12(23)18-14-20-17-9-25-14/h2-6,9H,1,7-8H2,(H,18,20,23). The zero-order valence-electron chi connectivity index (χ0n) is 12.9. The van der Waals surface area contributed by atoms with Crippen LogP contribution in [0.2, 0.25) is 5.02 Å². The van der Waals surface area contributed by atoms with Gasteiger partial charge in [0.2, 0.25) is 11.0 Å². The molecule has 3 aromatic rings. The molecule has 0 aliphatic rings. The average molecular weight is 393 g/mol. The Bertz CT molecular complexity index is 863. The number of nitrogens with one attached hydrogen (secondary N) is 1. The summed E-state index contributed by atoms with van der Waals surface area (Å²) in [5.74, 6) is 0.710. The number of hydrogen-bond acceptors (Lipinski definition) is 7. The third-order valence-electron chi connectivity index (χ3n) is 3.07. The molecule has 0 saturated heterocycles. The van der Waals surface area contributed by atoms with Gasteiger partial charge < -0.3 is 0 Å². The predicted molar refractivity (Wildman–Crippen MR) is 99.9 cm³/mol. The zero-order valence-corrected chi connectivity index (χ0v) is 15.3. The molecule has 0 unspecified atom stereocenters. The van der Waals surface area contributed by atoms with Crippen LogP contribution >= 0.6 is 34.7 Å². The van der Waals surface area contributed by atoms with Gasteiger partial charge in [0.15, 0.2) is 11.0 Å². The lowest BCUT2D eigenvalue weighted by Gasteiger charge is -2.07. The van der Waals surface area contributed by atoms with E-state index in [-0.39, 0.29) is 11.7 Å². The molecule has 7 nitrogen and oxygen atoms in total. The van der Waals surface area contributed by atoms with Gasteiger partial charge >= 0.3 is 0 Å². The molecule has 0 aliphatic carbocycles. The Labute approximate surface area is 157 Å². The second kappa shape index (κ2) is 8.24. The molecule has 2 aromatic heterocycles. The van der Waals surface area contributed by atoms with Gasteiger partial charge in [0.25, 0.3) is 0 Å². The fraction of sp³-hybridized carbons (Fsp3) is 0.133. The lowest BCUT2D eigenvalue weighted by atomic mass is 10.2. The predicted octanol–water partition coefficient (Wildman–Crippen LogP) is 3.37. The van der Waals surface area contributed by atoms with Crippen LogP contribution in [0.15, 0.2) is 47.6 Å². The summed E-state index contributed by atoms with van der Waals surface area (Å²) in [5.41, 5.74) is 2.45. The maximum absolute atomic E-state index is 12.0. The van der Waals surface area contributed by atoms with Crippen LogP contribution in [0.3, 0.4) is 0 Å². The molecule has 0 aliphatic heterocycles. The molecule has 25 heavy (non-hydrogen) atoms. The molecule has 0 spiro atoms. The Balaban J connectivity index is 1.73. The first-order chi connectivity index (χ1) is 12.2. The summed E-state index contributed by atoms with van der Waals surface area (Å²) in [6, 6.07) is 7.35. The molecule has 128 valence electrons. The topological polar surface area (TPSA) is 85.6 Å². The summed E-state index contributed by atoms with van der Waals surface area (Å²) >= 11 is 8.49. The number of rotatable bonds is 7. The van der Waals surface area contributed by atoms with Crippen molar-refractivity contribution >= 4 is 45.7 Å². The fourth-order valence-corrected chi connectivity index (χ4v) is 3.35. The van der Waals surface area contributed by atoms with Gasteiger partial charge in [0.1, 0.15) is 5.51 Å². The van der Waals surface area contributed by atoms with Crippen LogP contribution in [-0.4, -0.2) is 36.6 Å². The van der Waals surface area contributed by atoms with Crippen molar-refractivity contribution in [2.45, 2.75) is 11.7 Å². The summed E-state index contributed by atoms with van der Waals surface area (Å²) in [4.78, 5) is 12.0. The van der Waals surface area contributed by atoms with Gasteiger partial charge in [-0.05, 0) is 24.3 Å². The molecular formula is C15H13ClN6OS2. The molecule has 0 bridgehead atoms. The highest BCUT2D eigenvalue weighted by molar-refractivity contribution is 7.99. The third-order valence-corrected chi connectivity index (χ3v) is 4.90. The third kappa shape index (κ3) is 4.44. The highest BCUT2D eigenvalue weighted by Crippen LogP contribution is 2.25. The normalized spacial score (nSPS) is 10.6. The Morgan fingerprint density at radius 3 is 2.80 bits per heavy atom. The number of amides is 1. The van der Waals surface area contributed by atoms with Crippen molar-refractivity contribution < 1.29 is 4.79 Å². The molecular weight excluding hydrogens is 380 g/mol. The van der Waals surface area contributed by atoms with E-state index >= 15 is 0 Å². The number of carbonyl (C=O) groups excluding carboxylic acids is 1. The highest BCUT2D eigenvalue weighted by atomic mass is 35.5. The van der Waals surface area contributed by atoms with Crippen molar-refractivity contribution in [2.75, 3.05) is 11.1 Å². The average Bonchev–Trinajstić information content (AvgIpc) is 3.24. The van der Waals surface area contributed by atoms with E-state index in [0.29, 0.717) is 27.7 Å². The first kappa shape index (κ1) is 17.6. The first-order valence-electron chi connectivity index (χ1n) is 7.16. The van der Waals surface area contributed by atoms with Crippen LogP contribution in [0.4, 0.5) is 5.13 Å². The van der Waals surface area contributed by atoms with Gasteiger partial charge in [-0.1, -0.05) is 40.8 Å². The van der Waals surface area contributed by atoms with E-state index in [1.807, 2.05) is 16.7 Å². The smallest absolute Gasteiger partial charge is 0.236 e. The summed E-state index contributed by atoms with van der Waals surface area (Å²) in [5, 5.41) is 20.3. The highest BCUT2D eigenvalue weighted by Gasteiger charge is 2.15. The van der Waals surface area contributed by atoms with Crippen molar-refractivity contribution in [3.05, 3.63) is 47.5 Å². The fourth-order valence-electron chi connectivity index (χ4n) is 2.01. The number of hydrogen-bond donors (Lipinski definition) is 1. The molecule has 0 radical (unpaired) electrons. The van der Waals surface area contributed by atoms with Crippen molar-refractivity contribution in [1.82, 2.24) is 25.0 Å². The Hall–Kier alpha value is -2.23. The molecule has 2 heterocycles. The maximum Gasteiger partial charge on any atom is 0.236 e. The van der Waals surface area contributed by atoms with Gasteiger partial charge in [-0.25, -0.2) is 0 Å². The lowest BCUT2D eigenvalue weighted by molar-refractivity contribution is -0.113. The second-order valence-electron chi connectivity index (χ2n) is 4.79. The monoisotopic (exact) mass is 392 g/mol. The minimum absolute atomic E-state index is 0.178. The Kier molecular flexibility index (Phi) is 5.79. The lowest BCUT2D eigenvalue weighted by Crippen LogP contribution is -2.14. The Morgan fingerprint density at radius 1 is 1.32 bits per heavy atom. The van der Waals surface area contributed by atoms with Gasteiger partial charge in [-0.15, -0.1) is 27.0 Å². The molecule has 0 fully saturated rings. The van der Waals surface area contributed by atoms with E-state index in [9.17, 15) is 4.79 Å². The van der Waals surface area contributed by atoms with Gasteiger partial charge in [0.05, 0.1) is 5.75 Å². The number of aromatic nitrogens is 5. The minimum Gasteiger partial charge on any atom is -0.300 e. The van der Waals surface area contributed by atoms with Gasteiger partial charge in [-0.2, -0.15) is 0 Å². The minimum atomic E-state index is -0.178. The molecule has 1 aromatic carbocycles. The van der Waals surface area contributed by atoms with Crippen LogP contribution in [0, 0.1) is 0 Å². The molecule has 1 N–H and O–H groups in total. The van der Waals surface area contributed by atoms with Crippen molar-refractivity contribution in [1.29, 1.82) is 0 Å². The maximum atomic E-state index is 12.0. The number of allylic oxidation sites excluding steroid dienone is 1. The number of anilines is 1. The van der Waals surface area contributed by atoms with E-state index in [2.05, 4.69) is 32.3 Å². The quantitative estimate of drug-likeness (QED) is 0.490. The number of nitrogens with zero attached hydrogens (tertiary/aromatic N) is 5. The summed E-state index contributed by atoms with van der Waals surface area (Å²) in [6.07, 6.45) is 1.76. The molecule has 10 heteroatoms. The van der Waals surface area contributed by atoms with Crippen LogP contribution in [0.1, 0.15) is 0 Å². The van der Waals surface area contributed by atoms with E-state index in [4.69, 9.17) is 11.6 Å².